The number of nitrogens with one attached hydrogen (secondary N) is 1. The molecule has 4 rings (SSSR count). The molecule has 1 amide bonds. The van der Waals surface area contributed by atoms with Gasteiger partial charge in [0.2, 0.25) is 0 Å². The molecule has 0 spiro atoms. The lowest BCUT2D eigenvalue weighted by atomic mass is 10.2. The maximum atomic E-state index is 12.7. The zero-order valence-corrected chi connectivity index (χ0v) is 15.5. The van der Waals surface area contributed by atoms with Crippen LogP contribution >= 0.6 is 11.3 Å². The van der Waals surface area contributed by atoms with Gasteiger partial charge in [0.05, 0.1) is 18.7 Å². The number of hydrogen-bond donors (Lipinski definition) is 1. The average Bonchev–Trinajstić information content (AvgIpc) is 3.36. The van der Waals surface area contributed by atoms with Crippen molar-refractivity contribution < 1.29 is 4.79 Å². The van der Waals surface area contributed by atoms with Gasteiger partial charge >= 0.3 is 0 Å². The Morgan fingerprint density at radius 1 is 1.19 bits per heavy atom. The van der Waals surface area contributed by atoms with Crippen molar-refractivity contribution in [2.24, 2.45) is 0 Å². The third-order valence-electron chi connectivity index (χ3n) is 4.50. The SMILES string of the molecule is Cc1cc(C(=O)NCc2nnc3ccccn23)c(C)n1Cc1cccs1. The monoisotopic (exact) mass is 365 g/mol. The summed E-state index contributed by atoms with van der Waals surface area (Å²) >= 11 is 1.72. The number of nitrogens with zero attached hydrogens (tertiary/aromatic N) is 4. The van der Waals surface area contributed by atoms with Crippen LogP contribution < -0.4 is 5.32 Å². The summed E-state index contributed by atoms with van der Waals surface area (Å²) in [5, 5.41) is 13.3. The quantitative estimate of drug-likeness (QED) is 0.591. The van der Waals surface area contributed by atoms with Crippen molar-refractivity contribution in [3.05, 3.63) is 75.6 Å². The summed E-state index contributed by atoms with van der Waals surface area (Å²) in [6.07, 6.45) is 1.89. The number of rotatable bonds is 5. The molecule has 0 aliphatic rings. The lowest BCUT2D eigenvalue weighted by Crippen LogP contribution is -2.24. The fraction of sp³-hybridized carbons (Fsp3) is 0.211. The van der Waals surface area contributed by atoms with E-state index in [4.69, 9.17) is 0 Å². The Morgan fingerprint density at radius 3 is 2.88 bits per heavy atom. The van der Waals surface area contributed by atoms with E-state index >= 15 is 0 Å². The van der Waals surface area contributed by atoms with Gasteiger partial charge in [0.1, 0.15) is 0 Å². The lowest BCUT2D eigenvalue weighted by molar-refractivity contribution is 0.0949. The number of aromatic nitrogens is 4. The number of thiophene rings is 1. The number of amides is 1. The molecule has 0 radical (unpaired) electrons. The van der Waals surface area contributed by atoms with Gasteiger partial charge in [0, 0.05) is 22.5 Å². The third-order valence-corrected chi connectivity index (χ3v) is 5.36. The van der Waals surface area contributed by atoms with E-state index in [0.717, 1.165) is 23.6 Å². The summed E-state index contributed by atoms with van der Waals surface area (Å²) in [6.45, 7) is 5.14. The van der Waals surface area contributed by atoms with E-state index in [-0.39, 0.29) is 5.91 Å². The Labute approximate surface area is 155 Å². The van der Waals surface area contributed by atoms with Gasteiger partial charge in [-0.05, 0) is 43.5 Å². The van der Waals surface area contributed by atoms with Gasteiger partial charge < -0.3 is 9.88 Å². The summed E-state index contributed by atoms with van der Waals surface area (Å²) in [5.41, 5.74) is 3.52. The van der Waals surface area contributed by atoms with Gasteiger partial charge in [-0.3, -0.25) is 9.20 Å². The van der Waals surface area contributed by atoms with Crippen LogP contribution in [0.15, 0.2) is 48.0 Å². The van der Waals surface area contributed by atoms with E-state index in [0.29, 0.717) is 17.9 Å². The van der Waals surface area contributed by atoms with Crippen LogP contribution in [0.5, 0.6) is 0 Å². The van der Waals surface area contributed by atoms with Crippen molar-refractivity contribution in [3.63, 3.8) is 0 Å². The van der Waals surface area contributed by atoms with Crippen LogP contribution in [0, 0.1) is 13.8 Å². The second kappa shape index (κ2) is 6.76. The molecule has 0 aromatic carbocycles. The van der Waals surface area contributed by atoms with E-state index in [9.17, 15) is 4.79 Å². The Hall–Kier alpha value is -2.93. The highest BCUT2D eigenvalue weighted by atomic mass is 32.1. The predicted octanol–water partition coefficient (Wildman–Crippen LogP) is 3.19. The first-order chi connectivity index (χ1) is 12.6. The summed E-state index contributed by atoms with van der Waals surface area (Å²) < 4.78 is 4.05. The third kappa shape index (κ3) is 3.01. The largest absolute Gasteiger partial charge is 0.345 e. The Morgan fingerprint density at radius 2 is 2.08 bits per heavy atom. The highest BCUT2D eigenvalue weighted by molar-refractivity contribution is 7.09. The molecule has 6 nitrogen and oxygen atoms in total. The second-order valence-electron chi connectivity index (χ2n) is 6.18. The minimum atomic E-state index is -0.0942. The van der Waals surface area contributed by atoms with E-state index < -0.39 is 0 Å². The molecule has 0 atom stereocenters. The molecule has 26 heavy (non-hydrogen) atoms. The molecule has 0 unspecified atom stereocenters. The minimum Gasteiger partial charge on any atom is -0.345 e. The van der Waals surface area contributed by atoms with Gasteiger partial charge in [-0.15, -0.1) is 21.5 Å². The van der Waals surface area contributed by atoms with Gasteiger partial charge in [0.15, 0.2) is 11.5 Å². The fourth-order valence-corrected chi connectivity index (χ4v) is 3.79. The molecule has 7 heteroatoms. The normalized spacial score (nSPS) is 11.2. The second-order valence-corrected chi connectivity index (χ2v) is 7.21. The zero-order chi connectivity index (χ0) is 18.1. The summed E-state index contributed by atoms with van der Waals surface area (Å²) in [6, 6.07) is 11.8. The number of carbonyl (C=O) groups is 1. The lowest BCUT2D eigenvalue weighted by Gasteiger charge is -2.08. The van der Waals surface area contributed by atoms with Crippen molar-refractivity contribution in [2.75, 3.05) is 0 Å². The van der Waals surface area contributed by atoms with Crippen molar-refractivity contribution >= 4 is 22.9 Å². The average molecular weight is 365 g/mol. The van der Waals surface area contributed by atoms with Crippen LogP contribution in [0.2, 0.25) is 0 Å². The number of carbonyl (C=O) groups excluding carboxylic acids is 1. The molecule has 0 fully saturated rings. The molecule has 4 heterocycles. The van der Waals surface area contributed by atoms with Crippen molar-refractivity contribution in [3.8, 4) is 0 Å². The van der Waals surface area contributed by atoms with Gasteiger partial charge in [-0.1, -0.05) is 12.1 Å². The van der Waals surface area contributed by atoms with E-state index in [1.54, 1.807) is 11.3 Å². The molecule has 4 aromatic heterocycles. The molecule has 0 bridgehead atoms. The number of aryl methyl sites for hydroxylation is 1. The molecule has 4 aromatic rings. The molecule has 0 aliphatic carbocycles. The van der Waals surface area contributed by atoms with E-state index in [2.05, 4.69) is 31.5 Å². The molecule has 132 valence electrons. The van der Waals surface area contributed by atoms with Crippen LogP contribution in [-0.4, -0.2) is 25.1 Å². The maximum Gasteiger partial charge on any atom is 0.253 e. The highest BCUT2D eigenvalue weighted by Crippen LogP contribution is 2.19. The van der Waals surface area contributed by atoms with Gasteiger partial charge in [-0.2, -0.15) is 0 Å². The first-order valence-corrected chi connectivity index (χ1v) is 9.27. The Kier molecular flexibility index (Phi) is 4.30. The van der Waals surface area contributed by atoms with Gasteiger partial charge in [-0.25, -0.2) is 0 Å². The smallest absolute Gasteiger partial charge is 0.253 e. The minimum absolute atomic E-state index is 0.0942. The molecule has 0 saturated heterocycles. The maximum absolute atomic E-state index is 12.7. The van der Waals surface area contributed by atoms with Crippen LogP contribution in [0.1, 0.15) is 32.4 Å². The van der Waals surface area contributed by atoms with Crippen LogP contribution in [0.25, 0.3) is 5.65 Å². The van der Waals surface area contributed by atoms with Crippen LogP contribution in [0.4, 0.5) is 0 Å². The van der Waals surface area contributed by atoms with Crippen molar-refractivity contribution in [1.29, 1.82) is 0 Å². The fourth-order valence-electron chi connectivity index (χ4n) is 3.10. The molecular weight excluding hydrogens is 346 g/mol. The summed E-state index contributed by atoms with van der Waals surface area (Å²) in [7, 11) is 0. The Bertz CT molecular complexity index is 1060. The van der Waals surface area contributed by atoms with E-state index in [1.807, 2.05) is 54.8 Å². The highest BCUT2D eigenvalue weighted by Gasteiger charge is 2.16. The number of pyridine rings is 1. The van der Waals surface area contributed by atoms with Crippen molar-refractivity contribution in [1.82, 2.24) is 24.5 Å². The zero-order valence-electron chi connectivity index (χ0n) is 14.6. The standard InChI is InChI=1S/C19H19N5OS/c1-13-10-16(14(2)24(13)12-15-6-5-9-26-15)19(25)20-11-18-22-21-17-7-3-4-8-23(17)18/h3-10H,11-12H2,1-2H3,(H,20,25). The first kappa shape index (κ1) is 16.5. The predicted molar refractivity (Wildman–Crippen MR) is 101 cm³/mol. The molecule has 0 aliphatic heterocycles. The topological polar surface area (TPSA) is 64.2 Å². The first-order valence-electron chi connectivity index (χ1n) is 8.39. The molecule has 0 saturated carbocycles. The van der Waals surface area contributed by atoms with E-state index in [1.165, 1.54) is 4.88 Å². The summed E-state index contributed by atoms with van der Waals surface area (Å²) in [5.74, 6) is 0.615. The molecular formula is C19H19N5OS. The van der Waals surface area contributed by atoms with Crippen LogP contribution in [0.3, 0.4) is 0 Å². The van der Waals surface area contributed by atoms with Gasteiger partial charge in [0.25, 0.3) is 5.91 Å². The summed E-state index contributed by atoms with van der Waals surface area (Å²) in [4.78, 5) is 14.0. The Balaban J connectivity index is 1.51. The van der Waals surface area contributed by atoms with Crippen LogP contribution in [-0.2, 0) is 13.1 Å². The number of hydrogen-bond acceptors (Lipinski definition) is 4. The molecule has 1 N–H and O–H groups in total. The number of fused-ring (bicyclic) bond motifs is 1. The van der Waals surface area contributed by atoms with Crippen molar-refractivity contribution in [2.45, 2.75) is 26.9 Å².